The van der Waals surface area contributed by atoms with E-state index in [9.17, 15) is 9.59 Å². The zero-order valence-electron chi connectivity index (χ0n) is 12.1. The van der Waals surface area contributed by atoms with Crippen molar-refractivity contribution in [3.8, 4) is 0 Å². The highest BCUT2D eigenvalue weighted by Gasteiger charge is 2.25. The van der Waals surface area contributed by atoms with Crippen LogP contribution in [0.15, 0.2) is 22.7 Å². The molecule has 1 atom stereocenters. The zero-order valence-corrected chi connectivity index (χ0v) is 13.6. The molecule has 2 rings (SSSR count). The minimum absolute atomic E-state index is 0.0643. The van der Waals surface area contributed by atoms with Gasteiger partial charge in [0, 0.05) is 16.7 Å². The van der Waals surface area contributed by atoms with Gasteiger partial charge >= 0.3 is 0 Å². The summed E-state index contributed by atoms with van der Waals surface area (Å²) in [6, 6.07) is 5.73. The first-order valence-corrected chi connectivity index (χ1v) is 7.82. The van der Waals surface area contributed by atoms with Crippen molar-refractivity contribution in [2.75, 3.05) is 25.0 Å². The maximum Gasteiger partial charge on any atom is 0.238 e. The lowest BCUT2D eigenvalue weighted by Crippen LogP contribution is -2.44. The highest BCUT2D eigenvalue weighted by molar-refractivity contribution is 9.10. The smallest absolute Gasteiger partial charge is 0.238 e. The fraction of sp³-hybridized carbons (Fsp3) is 0.467. The van der Waals surface area contributed by atoms with Gasteiger partial charge < -0.3 is 11.1 Å². The number of nitrogens with two attached hydrogens (primary N) is 1. The van der Waals surface area contributed by atoms with E-state index >= 15 is 0 Å². The fourth-order valence-electron chi connectivity index (χ4n) is 2.59. The first-order chi connectivity index (χ1) is 9.95. The summed E-state index contributed by atoms with van der Waals surface area (Å²) >= 11 is 3.40. The van der Waals surface area contributed by atoms with Gasteiger partial charge in [0.05, 0.1) is 12.5 Å². The number of hydrogen-bond donors (Lipinski definition) is 2. The van der Waals surface area contributed by atoms with Crippen LogP contribution in [-0.4, -0.2) is 36.3 Å². The predicted octanol–water partition coefficient (Wildman–Crippen LogP) is 1.89. The molecule has 0 unspecified atom stereocenters. The minimum atomic E-state index is -0.274. The summed E-state index contributed by atoms with van der Waals surface area (Å²) in [4.78, 5) is 25.3. The molecule has 0 aromatic heterocycles. The number of hydrogen-bond acceptors (Lipinski definition) is 3. The van der Waals surface area contributed by atoms with E-state index in [4.69, 9.17) is 5.73 Å². The van der Waals surface area contributed by atoms with Crippen molar-refractivity contribution in [1.82, 2.24) is 4.90 Å². The molecule has 1 aromatic rings. The van der Waals surface area contributed by atoms with Crippen LogP contribution < -0.4 is 11.1 Å². The third-order valence-corrected chi connectivity index (χ3v) is 4.23. The Morgan fingerprint density at radius 3 is 2.90 bits per heavy atom. The first-order valence-electron chi connectivity index (χ1n) is 7.03. The minimum Gasteiger partial charge on any atom is -0.369 e. The Balaban J connectivity index is 1.91. The molecule has 0 spiro atoms. The van der Waals surface area contributed by atoms with Gasteiger partial charge in [0.1, 0.15) is 0 Å². The van der Waals surface area contributed by atoms with Crippen molar-refractivity contribution in [1.29, 1.82) is 0 Å². The third kappa shape index (κ3) is 4.54. The van der Waals surface area contributed by atoms with Crippen LogP contribution in [0.25, 0.3) is 0 Å². The number of primary amides is 1. The number of carbonyl (C=O) groups excluding carboxylic acids is 2. The second-order valence-electron chi connectivity index (χ2n) is 5.48. The number of aryl methyl sites for hydroxylation is 1. The van der Waals surface area contributed by atoms with Gasteiger partial charge in [-0.2, -0.15) is 0 Å². The maximum absolute atomic E-state index is 12.1. The van der Waals surface area contributed by atoms with Gasteiger partial charge in [-0.15, -0.1) is 0 Å². The summed E-state index contributed by atoms with van der Waals surface area (Å²) in [5.74, 6) is -0.477. The SMILES string of the molecule is Cc1cc(Br)ccc1NC(=O)CN1CCC[C@H](C(N)=O)C1. The molecular weight excluding hydrogens is 334 g/mol. The standard InChI is InChI=1S/C15H20BrN3O2/c1-10-7-12(16)4-5-13(10)18-14(20)9-19-6-2-3-11(8-19)15(17)21/h4-5,7,11H,2-3,6,8-9H2,1H3,(H2,17,21)(H,18,20)/t11-/m0/s1. The van der Waals surface area contributed by atoms with Gasteiger partial charge in [0.15, 0.2) is 0 Å². The number of halogens is 1. The first kappa shape index (κ1) is 16.0. The van der Waals surface area contributed by atoms with Gasteiger partial charge in [0.25, 0.3) is 0 Å². The summed E-state index contributed by atoms with van der Waals surface area (Å²) in [6.07, 6.45) is 1.72. The second-order valence-corrected chi connectivity index (χ2v) is 6.40. The highest BCUT2D eigenvalue weighted by Crippen LogP contribution is 2.20. The molecule has 3 N–H and O–H groups in total. The zero-order chi connectivity index (χ0) is 15.4. The number of nitrogens with zero attached hydrogens (tertiary/aromatic N) is 1. The Morgan fingerprint density at radius 1 is 1.48 bits per heavy atom. The Bertz CT molecular complexity index is 548. The van der Waals surface area contributed by atoms with Crippen LogP contribution in [0, 0.1) is 12.8 Å². The molecule has 0 radical (unpaired) electrons. The van der Waals surface area contributed by atoms with Crippen LogP contribution >= 0.6 is 15.9 Å². The van der Waals surface area contributed by atoms with Crippen molar-refractivity contribution in [2.24, 2.45) is 11.7 Å². The number of rotatable bonds is 4. The molecule has 1 aromatic carbocycles. The van der Waals surface area contributed by atoms with E-state index in [2.05, 4.69) is 21.2 Å². The Morgan fingerprint density at radius 2 is 2.24 bits per heavy atom. The number of nitrogens with one attached hydrogen (secondary N) is 1. The topological polar surface area (TPSA) is 75.4 Å². The number of benzene rings is 1. The molecule has 5 nitrogen and oxygen atoms in total. The van der Waals surface area contributed by atoms with Gasteiger partial charge in [0.2, 0.25) is 11.8 Å². The van der Waals surface area contributed by atoms with Crippen molar-refractivity contribution in [3.05, 3.63) is 28.2 Å². The number of anilines is 1. The molecule has 114 valence electrons. The van der Waals surface area contributed by atoms with Crippen LogP contribution in [0.5, 0.6) is 0 Å². The summed E-state index contributed by atoms with van der Waals surface area (Å²) in [7, 11) is 0. The van der Waals surface area contributed by atoms with Crippen LogP contribution in [0.3, 0.4) is 0 Å². The molecule has 2 amide bonds. The van der Waals surface area contributed by atoms with E-state index in [1.54, 1.807) is 0 Å². The quantitative estimate of drug-likeness (QED) is 0.867. The number of likely N-dealkylation sites (tertiary alicyclic amines) is 1. The molecule has 0 saturated carbocycles. The number of carbonyl (C=O) groups is 2. The normalized spacial score (nSPS) is 19.2. The van der Waals surface area contributed by atoms with Crippen molar-refractivity contribution < 1.29 is 9.59 Å². The average molecular weight is 354 g/mol. The van der Waals surface area contributed by atoms with Crippen molar-refractivity contribution in [2.45, 2.75) is 19.8 Å². The fourth-order valence-corrected chi connectivity index (χ4v) is 3.07. The Labute approximate surface area is 133 Å². The van der Waals surface area contributed by atoms with Gasteiger partial charge in [-0.1, -0.05) is 15.9 Å². The van der Waals surface area contributed by atoms with Gasteiger partial charge in [-0.25, -0.2) is 0 Å². The van der Waals surface area contributed by atoms with Crippen molar-refractivity contribution in [3.63, 3.8) is 0 Å². The van der Waals surface area contributed by atoms with Crippen LogP contribution in [0.4, 0.5) is 5.69 Å². The van der Waals surface area contributed by atoms with E-state index in [1.165, 1.54) is 0 Å². The lowest BCUT2D eigenvalue weighted by atomic mass is 9.97. The van der Waals surface area contributed by atoms with E-state index in [0.29, 0.717) is 13.1 Å². The van der Waals surface area contributed by atoms with E-state index in [0.717, 1.165) is 35.1 Å². The average Bonchev–Trinajstić information content (AvgIpc) is 2.42. The molecular formula is C15H20BrN3O2. The molecule has 1 heterocycles. The molecule has 1 aliphatic heterocycles. The molecule has 0 bridgehead atoms. The lowest BCUT2D eigenvalue weighted by Gasteiger charge is -2.30. The summed E-state index contributed by atoms with van der Waals surface area (Å²) in [6.45, 7) is 3.64. The monoisotopic (exact) mass is 353 g/mol. The van der Waals surface area contributed by atoms with Crippen molar-refractivity contribution >= 4 is 33.4 Å². The summed E-state index contributed by atoms with van der Waals surface area (Å²) < 4.78 is 0.985. The Hall–Kier alpha value is -1.40. The largest absolute Gasteiger partial charge is 0.369 e. The maximum atomic E-state index is 12.1. The van der Waals surface area contributed by atoms with Gasteiger partial charge in [-0.3, -0.25) is 14.5 Å². The third-order valence-electron chi connectivity index (χ3n) is 3.74. The summed E-state index contributed by atoms with van der Waals surface area (Å²) in [5, 5.41) is 2.91. The highest BCUT2D eigenvalue weighted by atomic mass is 79.9. The van der Waals surface area contributed by atoms with Crippen LogP contribution in [0.1, 0.15) is 18.4 Å². The molecule has 1 fully saturated rings. The molecule has 1 saturated heterocycles. The van der Waals surface area contributed by atoms with Gasteiger partial charge in [-0.05, 0) is 50.1 Å². The summed E-state index contributed by atoms with van der Waals surface area (Å²) in [5.41, 5.74) is 7.16. The lowest BCUT2D eigenvalue weighted by molar-refractivity contribution is -0.125. The molecule has 21 heavy (non-hydrogen) atoms. The molecule has 0 aliphatic carbocycles. The van der Waals surface area contributed by atoms with E-state index < -0.39 is 0 Å². The van der Waals surface area contributed by atoms with Crippen LogP contribution in [-0.2, 0) is 9.59 Å². The van der Waals surface area contributed by atoms with E-state index in [1.807, 2.05) is 30.0 Å². The molecule has 6 heteroatoms. The Kier molecular flexibility index (Phi) is 5.36. The predicted molar refractivity (Wildman–Crippen MR) is 85.9 cm³/mol. The number of piperidine rings is 1. The van der Waals surface area contributed by atoms with Crippen LogP contribution in [0.2, 0.25) is 0 Å². The van der Waals surface area contributed by atoms with E-state index in [-0.39, 0.29) is 17.7 Å². The second kappa shape index (κ2) is 7.04. The number of amides is 2. The molecule has 1 aliphatic rings.